The van der Waals surface area contributed by atoms with Gasteiger partial charge in [0.1, 0.15) is 4.75 Å². The zero-order chi connectivity index (χ0) is 12.1. The molecular weight excluding hydrogens is 248 g/mol. The summed E-state index contributed by atoms with van der Waals surface area (Å²) in [6.07, 6.45) is 5.23. The standard InChI is InChI=1S/C13H18N2S2/c1-16-13(11-14)5-8-15(9-6-13)7-4-12-3-2-10-17-12/h2-3,10H,4-9H2,1H3. The van der Waals surface area contributed by atoms with Crippen LogP contribution in [0.4, 0.5) is 0 Å². The summed E-state index contributed by atoms with van der Waals surface area (Å²) >= 11 is 3.56. The summed E-state index contributed by atoms with van der Waals surface area (Å²) in [4.78, 5) is 3.96. The Morgan fingerprint density at radius 1 is 1.53 bits per heavy atom. The molecule has 0 amide bonds. The predicted molar refractivity (Wildman–Crippen MR) is 75.6 cm³/mol. The van der Waals surface area contributed by atoms with E-state index >= 15 is 0 Å². The molecule has 0 aromatic carbocycles. The van der Waals surface area contributed by atoms with E-state index in [0.29, 0.717) is 0 Å². The lowest BCUT2D eigenvalue weighted by molar-refractivity contribution is 0.220. The Morgan fingerprint density at radius 2 is 2.29 bits per heavy atom. The molecule has 1 aromatic heterocycles. The van der Waals surface area contributed by atoms with Gasteiger partial charge in [0.25, 0.3) is 0 Å². The van der Waals surface area contributed by atoms with Crippen LogP contribution in [0.1, 0.15) is 17.7 Å². The molecular formula is C13H18N2S2. The van der Waals surface area contributed by atoms with E-state index in [0.717, 1.165) is 38.9 Å². The molecule has 0 bridgehead atoms. The molecule has 17 heavy (non-hydrogen) atoms. The molecule has 2 nitrogen and oxygen atoms in total. The van der Waals surface area contributed by atoms with Gasteiger partial charge in [-0.25, -0.2) is 0 Å². The normalized spacial score (nSPS) is 20.0. The van der Waals surface area contributed by atoms with Crippen molar-refractivity contribution in [1.29, 1.82) is 5.26 Å². The molecule has 0 N–H and O–H groups in total. The maximum atomic E-state index is 9.22. The maximum absolute atomic E-state index is 9.22. The SMILES string of the molecule is CSC1(C#N)CCN(CCc2cccs2)CC1. The lowest BCUT2D eigenvalue weighted by Gasteiger charge is -2.36. The van der Waals surface area contributed by atoms with Crippen LogP contribution in [0, 0.1) is 11.3 Å². The minimum Gasteiger partial charge on any atom is -0.303 e. The highest BCUT2D eigenvalue weighted by Crippen LogP contribution is 2.33. The van der Waals surface area contributed by atoms with Crippen LogP contribution in [-0.2, 0) is 6.42 Å². The topological polar surface area (TPSA) is 27.0 Å². The molecule has 0 unspecified atom stereocenters. The van der Waals surface area contributed by atoms with Gasteiger partial charge >= 0.3 is 0 Å². The number of hydrogen-bond acceptors (Lipinski definition) is 4. The van der Waals surface area contributed by atoms with E-state index in [2.05, 4.69) is 34.7 Å². The van der Waals surface area contributed by atoms with Crippen molar-refractivity contribution in [2.75, 3.05) is 25.9 Å². The van der Waals surface area contributed by atoms with E-state index in [-0.39, 0.29) is 4.75 Å². The Kier molecular flexibility index (Phi) is 4.49. The highest BCUT2D eigenvalue weighted by molar-refractivity contribution is 8.00. The van der Waals surface area contributed by atoms with E-state index in [1.54, 1.807) is 11.8 Å². The van der Waals surface area contributed by atoms with Crippen LogP contribution in [0.15, 0.2) is 17.5 Å². The van der Waals surface area contributed by atoms with E-state index in [4.69, 9.17) is 0 Å². The first-order valence-electron chi connectivity index (χ1n) is 5.99. The average molecular weight is 266 g/mol. The van der Waals surface area contributed by atoms with Gasteiger partial charge in [-0.05, 0) is 37.0 Å². The van der Waals surface area contributed by atoms with Crippen LogP contribution >= 0.6 is 23.1 Å². The van der Waals surface area contributed by atoms with Gasteiger partial charge in [-0.2, -0.15) is 5.26 Å². The number of hydrogen-bond donors (Lipinski definition) is 0. The zero-order valence-corrected chi connectivity index (χ0v) is 11.8. The van der Waals surface area contributed by atoms with Gasteiger partial charge in [0.05, 0.1) is 6.07 Å². The van der Waals surface area contributed by atoms with Crippen molar-refractivity contribution in [3.8, 4) is 6.07 Å². The Hall–Kier alpha value is -0.500. The summed E-state index contributed by atoms with van der Waals surface area (Å²) in [6, 6.07) is 6.82. The fraction of sp³-hybridized carbons (Fsp3) is 0.615. The third kappa shape index (κ3) is 3.25. The number of nitriles is 1. The number of nitrogens with zero attached hydrogens (tertiary/aromatic N) is 2. The number of thioether (sulfide) groups is 1. The fourth-order valence-electron chi connectivity index (χ4n) is 2.22. The van der Waals surface area contributed by atoms with Crippen LogP contribution in [-0.4, -0.2) is 35.5 Å². The Labute approximate surface area is 112 Å². The van der Waals surface area contributed by atoms with Gasteiger partial charge in [-0.3, -0.25) is 0 Å². The molecule has 0 radical (unpaired) electrons. The van der Waals surface area contributed by atoms with Crippen molar-refractivity contribution in [2.24, 2.45) is 0 Å². The molecule has 0 saturated carbocycles. The molecule has 0 spiro atoms. The minimum atomic E-state index is -0.112. The first kappa shape index (κ1) is 12.9. The molecule has 92 valence electrons. The number of rotatable bonds is 4. The maximum Gasteiger partial charge on any atom is 0.104 e. The Morgan fingerprint density at radius 3 is 2.82 bits per heavy atom. The van der Waals surface area contributed by atoms with Crippen molar-refractivity contribution >= 4 is 23.1 Å². The van der Waals surface area contributed by atoms with E-state index in [1.807, 2.05) is 11.3 Å². The highest BCUT2D eigenvalue weighted by Gasteiger charge is 2.33. The summed E-state index contributed by atoms with van der Waals surface area (Å²) in [7, 11) is 0. The number of likely N-dealkylation sites (tertiary alicyclic amines) is 1. The summed E-state index contributed by atoms with van der Waals surface area (Å²) in [6.45, 7) is 3.27. The molecule has 1 fully saturated rings. The van der Waals surface area contributed by atoms with Crippen molar-refractivity contribution in [3.63, 3.8) is 0 Å². The smallest absolute Gasteiger partial charge is 0.104 e. The third-order valence-corrected chi connectivity index (χ3v) is 5.73. The van der Waals surface area contributed by atoms with Gasteiger partial charge in [-0.1, -0.05) is 6.07 Å². The van der Waals surface area contributed by atoms with Crippen LogP contribution in [0.5, 0.6) is 0 Å². The van der Waals surface area contributed by atoms with Gasteiger partial charge in [0.2, 0.25) is 0 Å². The van der Waals surface area contributed by atoms with Crippen LogP contribution in [0.2, 0.25) is 0 Å². The van der Waals surface area contributed by atoms with Crippen LogP contribution in [0.25, 0.3) is 0 Å². The van der Waals surface area contributed by atoms with Crippen LogP contribution in [0.3, 0.4) is 0 Å². The molecule has 2 heterocycles. The Bertz CT molecular complexity index is 373. The van der Waals surface area contributed by atoms with Crippen molar-refractivity contribution in [1.82, 2.24) is 4.90 Å². The van der Waals surface area contributed by atoms with Gasteiger partial charge in [-0.15, -0.1) is 23.1 Å². The zero-order valence-electron chi connectivity index (χ0n) is 10.2. The second-order valence-electron chi connectivity index (χ2n) is 4.48. The summed E-state index contributed by atoms with van der Waals surface area (Å²) in [5.74, 6) is 0. The number of thiophene rings is 1. The molecule has 0 aliphatic carbocycles. The quantitative estimate of drug-likeness (QED) is 0.838. The Balaban J connectivity index is 1.78. The van der Waals surface area contributed by atoms with Crippen molar-refractivity contribution in [3.05, 3.63) is 22.4 Å². The molecule has 1 saturated heterocycles. The summed E-state index contributed by atoms with van der Waals surface area (Å²) < 4.78 is -0.112. The predicted octanol–water partition coefficient (Wildman–Crippen LogP) is 3.01. The van der Waals surface area contributed by atoms with E-state index in [1.165, 1.54) is 4.88 Å². The molecule has 0 atom stereocenters. The molecule has 1 aliphatic heterocycles. The average Bonchev–Trinajstić information content (AvgIpc) is 2.90. The molecule has 4 heteroatoms. The first-order chi connectivity index (χ1) is 8.28. The van der Waals surface area contributed by atoms with Crippen LogP contribution < -0.4 is 0 Å². The van der Waals surface area contributed by atoms with E-state index < -0.39 is 0 Å². The number of piperidine rings is 1. The monoisotopic (exact) mass is 266 g/mol. The first-order valence-corrected chi connectivity index (χ1v) is 8.09. The lowest BCUT2D eigenvalue weighted by atomic mass is 9.97. The van der Waals surface area contributed by atoms with Crippen molar-refractivity contribution in [2.45, 2.75) is 24.0 Å². The largest absolute Gasteiger partial charge is 0.303 e. The molecule has 1 aromatic rings. The van der Waals surface area contributed by atoms with Crippen molar-refractivity contribution < 1.29 is 0 Å². The second-order valence-corrected chi connectivity index (χ2v) is 6.70. The van der Waals surface area contributed by atoms with Gasteiger partial charge < -0.3 is 4.90 Å². The summed E-state index contributed by atoms with van der Waals surface area (Å²) in [5.41, 5.74) is 0. The summed E-state index contributed by atoms with van der Waals surface area (Å²) in [5, 5.41) is 11.4. The molecule has 1 aliphatic rings. The third-order valence-electron chi connectivity index (χ3n) is 3.51. The highest BCUT2D eigenvalue weighted by atomic mass is 32.2. The fourth-order valence-corrected chi connectivity index (χ4v) is 3.60. The van der Waals surface area contributed by atoms with Gasteiger partial charge in [0.15, 0.2) is 0 Å². The lowest BCUT2D eigenvalue weighted by Crippen LogP contribution is -2.42. The second kappa shape index (κ2) is 5.90. The van der Waals surface area contributed by atoms with E-state index in [9.17, 15) is 5.26 Å². The van der Waals surface area contributed by atoms with Gasteiger partial charge in [0, 0.05) is 24.5 Å². The molecule has 2 rings (SSSR count). The minimum absolute atomic E-state index is 0.112.